The molecule has 0 spiro atoms. The number of rotatable bonds is 6. The zero-order valence-corrected chi connectivity index (χ0v) is 15.6. The van der Waals surface area contributed by atoms with Crippen molar-refractivity contribution in [2.45, 2.75) is 19.8 Å². The molecule has 1 aliphatic heterocycles. The van der Waals surface area contributed by atoms with E-state index in [1.54, 1.807) is 11.8 Å². The minimum atomic E-state index is -0.507. The van der Waals surface area contributed by atoms with Crippen LogP contribution >= 0.6 is 11.6 Å². The molecule has 1 aromatic carbocycles. The van der Waals surface area contributed by atoms with Gasteiger partial charge in [-0.15, -0.1) is 0 Å². The van der Waals surface area contributed by atoms with Gasteiger partial charge in [0, 0.05) is 13.1 Å². The highest BCUT2D eigenvalue weighted by Crippen LogP contribution is 2.26. The largest absolute Gasteiger partial charge is 0.482 e. The zero-order valence-electron chi connectivity index (χ0n) is 14.8. The highest BCUT2D eigenvalue weighted by Gasteiger charge is 2.29. The monoisotopic (exact) mass is 383 g/mol. The topological polar surface area (TPSA) is 82.1 Å². The van der Waals surface area contributed by atoms with Gasteiger partial charge in [0.2, 0.25) is 0 Å². The molecule has 1 atom stereocenters. The number of ether oxygens (including phenoxy) is 3. The minimum absolute atomic E-state index is 0.202. The Labute approximate surface area is 157 Å². The molecule has 0 saturated carbocycles. The number of hydrogen-bond donors (Lipinski definition) is 0. The number of likely N-dealkylation sites (tertiary alicyclic amines) is 1. The first kappa shape index (κ1) is 20.0. The summed E-state index contributed by atoms with van der Waals surface area (Å²) in [6, 6.07) is 4.44. The molecule has 26 heavy (non-hydrogen) atoms. The summed E-state index contributed by atoms with van der Waals surface area (Å²) >= 11 is 6.08. The third-order valence-electron chi connectivity index (χ3n) is 4.10. The standard InChI is InChI=1S/C18H22ClNO6/c1-3-25-18(23)13-5-4-8-20(10-13)16(21)11-26-15-7-6-12(9-14(15)19)17(22)24-2/h6-7,9,13H,3-5,8,10-11H2,1-2H3. The molecule has 1 aromatic rings. The van der Waals surface area contributed by atoms with Gasteiger partial charge in [-0.05, 0) is 38.0 Å². The summed E-state index contributed by atoms with van der Waals surface area (Å²) in [6.45, 7) is 2.79. The summed E-state index contributed by atoms with van der Waals surface area (Å²) in [4.78, 5) is 37.3. The second-order valence-electron chi connectivity index (χ2n) is 5.86. The van der Waals surface area contributed by atoms with Crippen LogP contribution in [0.2, 0.25) is 5.02 Å². The molecule has 1 amide bonds. The number of methoxy groups -OCH3 is 1. The maximum atomic E-state index is 12.4. The number of esters is 2. The fourth-order valence-electron chi connectivity index (χ4n) is 2.75. The summed E-state index contributed by atoms with van der Waals surface area (Å²) in [5.74, 6) is -1.01. The maximum Gasteiger partial charge on any atom is 0.337 e. The lowest BCUT2D eigenvalue weighted by Crippen LogP contribution is -2.44. The lowest BCUT2D eigenvalue weighted by molar-refractivity contribution is -0.151. The molecule has 2 rings (SSSR count). The van der Waals surface area contributed by atoms with Gasteiger partial charge in [-0.2, -0.15) is 0 Å². The Hall–Kier alpha value is -2.28. The normalized spacial score (nSPS) is 16.7. The zero-order chi connectivity index (χ0) is 19.1. The van der Waals surface area contributed by atoms with E-state index in [2.05, 4.69) is 4.74 Å². The molecular weight excluding hydrogens is 362 g/mol. The third-order valence-corrected chi connectivity index (χ3v) is 4.39. The number of hydrogen-bond acceptors (Lipinski definition) is 6. The van der Waals surface area contributed by atoms with E-state index >= 15 is 0 Å². The van der Waals surface area contributed by atoms with Crippen LogP contribution in [0, 0.1) is 5.92 Å². The number of halogens is 1. The molecule has 1 heterocycles. The lowest BCUT2D eigenvalue weighted by atomic mass is 9.98. The van der Waals surface area contributed by atoms with E-state index in [0.29, 0.717) is 37.4 Å². The molecule has 0 aromatic heterocycles. The van der Waals surface area contributed by atoms with Gasteiger partial charge in [-0.1, -0.05) is 11.6 Å². The van der Waals surface area contributed by atoms with Gasteiger partial charge in [0.15, 0.2) is 6.61 Å². The number of carbonyl (C=O) groups is 3. The number of nitrogens with zero attached hydrogens (tertiary/aromatic N) is 1. The van der Waals surface area contributed by atoms with Gasteiger partial charge in [0.05, 0.1) is 30.2 Å². The first-order valence-electron chi connectivity index (χ1n) is 8.41. The fourth-order valence-corrected chi connectivity index (χ4v) is 2.98. The van der Waals surface area contributed by atoms with Crippen molar-refractivity contribution in [3.63, 3.8) is 0 Å². The van der Waals surface area contributed by atoms with Crippen molar-refractivity contribution in [3.05, 3.63) is 28.8 Å². The van der Waals surface area contributed by atoms with E-state index in [-0.39, 0.29) is 29.4 Å². The van der Waals surface area contributed by atoms with E-state index in [9.17, 15) is 14.4 Å². The van der Waals surface area contributed by atoms with E-state index in [1.807, 2.05) is 0 Å². The Morgan fingerprint density at radius 3 is 2.73 bits per heavy atom. The smallest absolute Gasteiger partial charge is 0.337 e. The first-order chi connectivity index (χ1) is 12.5. The fraction of sp³-hybridized carbons (Fsp3) is 0.500. The van der Waals surface area contributed by atoms with Crippen LogP contribution in [0.3, 0.4) is 0 Å². The van der Waals surface area contributed by atoms with Crippen molar-refractivity contribution in [1.82, 2.24) is 4.90 Å². The quantitative estimate of drug-likeness (QED) is 0.701. The van der Waals surface area contributed by atoms with Gasteiger partial charge in [-0.3, -0.25) is 9.59 Å². The van der Waals surface area contributed by atoms with Crippen LogP contribution in [0.15, 0.2) is 18.2 Å². The molecule has 1 aliphatic rings. The molecule has 142 valence electrons. The molecule has 1 saturated heterocycles. The summed E-state index contributed by atoms with van der Waals surface area (Å²) < 4.78 is 15.1. The van der Waals surface area contributed by atoms with Crippen LogP contribution in [0.4, 0.5) is 0 Å². The highest BCUT2D eigenvalue weighted by molar-refractivity contribution is 6.32. The van der Waals surface area contributed by atoms with E-state index in [4.69, 9.17) is 21.1 Å². The number of piperidine rings is 1. The van der Waals surface area contributed by atoms with Crippen molar-refractivity contribution >= 4 is 29.4 Å². The second-order valence-corrected chi connectivity index (χ2v) is 6.26. The van der Waals surface area contributed by atoms with Crippen molar-refractivity contribution in [2.24, 2.45) is 5.92 Å². The summed E-state index contributed by atoms with van der Waals surface area (Å²) in [5.41, 5.74) is 0.296. The molecule has 0 bridgehead atoms. The van der Waals surface area contributed by atoms with Crippen LogP contribution in [0.5, 0.6) is 5.75 Å². The highest BCUT2D eigenvalue weighted by atomic mass is 35.5. The molecule has 0 radical (unpaired) electrons. The SMILES string of the molecule is CCOC(=O)C1CCCN(C(=O)COc2ccc(C(=O)OC)cc2Cl)C1. The van der Waals surface area contributed by atoms with Crippen molar-refractivity contribution in [1.29, 1.82) is 0 Å². The van der Waals surface area contributed by atoms with Gasteiger partial charge < -0.3 is 19.1 Å². The van der Waals surface area contributed by atoms with Crippen LogP contribution in [0.25, 0.3) is 0 Å². The van der Waals surface area contributed by atoms with E-state index < -0.39 is 5.97 Å². The van der Waals surface area contributed by atoms with Crippen LogP contribution in [-0.4, -0.2) is 56.2 Å². The van der Waals surface area contributed by atoms with Gasteiger partial charge in [-0.25, -0.2) is 4.79 Å². The van der Waals surface area contributed by atoms with Gasteiger partial charge in [0.1, 0.15) is 5.75 Å². The Morgan fingerprint density at radius 1 is 1.31 bits per heavy atom. The lowest BCUT2D eigenvalue weighted by Gasteiger charge is -2.31. The van der Waals surface area contributed by atoms with Crippen LogP contribution in [0.1, 0.15) is 30.1 Å². The summed E-state index contributed by atoms with van der Waals surface area (Å²) in [5, 5.41) is 0.212. The minimum Gasteiger partial charge on any atom is -0.482 e. The molecule has 0 aliphatic carbocycles. The second kappa shape index (κ2) is 9.43. The first-order valence-corrected chi connectivity index (χ1v) is 8.79. The Morgan fingerprint density at radius 2 is 2.08 bits per heavy atom. The van der Waals surface area contributed by atoms with Crippen LogP contribution in [-0.2, 0) is 19.1 Å². The van der Waals surface area contributed by atoms with E-state index in [1.165, 1.54) is 25.3 Å². The molecule has 7 nitrogen and oxygen atoms in total. The Bertz CT molecular complexity index is 678. The van der Waals surface area contributed by atoms with Crippen LogP contribution < -0.4 is 4.74 Å². The number of amides is 1. The van der Waals surface area contributed by atoms with Crippen molar-refractivity contribution in [3.8, 4) is 5.75 Å². The third kappa shape index (κ3) is 5.11. The number of benzene rings is 1. The summed E-state index contributed by atoms with van der Waals surface area (Å²) in [7, 11) is 1.28. The predicted octanol–water partition coefficient (Wildman–Crippen LogP) is 2.31. The molecule has 1 unspecified atom stereocenters. The predicted molar refractivity (Wildman–Crippen MR) is 94.2 cm³/mol. The molecule has 1 fully saturated rings. The van der Waals surface area contributed by atoms with Gasteiger partial charge >= 0.3 is 11.9 Å². The summed E-state index contributed by atoms with van der Waals surface area (Å²) in [6.07, 6.45) is 1.45. The van der Waals surface area contributed by atoms with E-state index in [0.717, 1.165) is 6.42 Å². The molecular formula is C18H22ClNO6. The maximum absolute atomic E-state index is 12.4. The van der Waals surface area contributed by atoms with Crippen molar-refractivity contribution in [2.75, 3.05) is 33.4 Å². The van der Waals surface area contributed by atoms with Gasteiger partial charge in [0.25, 0.3) is 5.91 Å². The molecule has 8 heteroatoms. The molecule has 0 N–H and O–H groups in total. The van der Waals surface area contributed by atoms with Crippen molar-refractivity contribution < 1.29 is 28.6 Å². The average molecular weight is 384 g/mol. The average Bonchev–Trinajstić information content (AvgIpc) is 2.66. The Balaban J connectivity index is 1.92. The Kier molecular flexibility index (Phi) is 7.26. The number of carbonyl (C=O) groups excluding carboxylic acids is 3.